The molecule has 1 saturated heterocycles. The standard InChI is InChI=1S/C27H34N2O4/c1-26(2)16-19(17-27(3,4)33-26)22-15-24(18-12-20(30-5)14-21(13-18)31-6)29(28-22)23-10-8-9-11-25(23)32-7/h8-15,19H,16-17H2,1-7H3. The fourth-order valence-corrected chi connectivity index (χ4v) is 5.05. The Morgan fingerprint density at radius 3 is 2.03 bits per heavy atom. The summed E-state index contributed by atoms with van der Waals surface area (Å²) < 4.78 is 25.0. The van der Waals surface area contributed by atoms with Crippen LogP contribution in [0.5, 0.6) is 17.2 Å². The number of methoxy groups -OCH3 is 3. The summed E-state index contributed by atoms with van der Waals surface area (Å²) in [5.41, 5.74) is 3.39. The minimum atomic E-state index is -0.222. The van der Waals surface area contributed by atoms with Gasteiger partial charge in [-0.15, -0.1) is 0 Å². The van der Waals surface area contributed by atoms with E-state index in [1.165, 1.54) is 0 Å². The zero-order valence-electron chi connectivity index (χ0n) is 20.6. The van der Waals surface area contributed by atoms with Gasteiger partial charge in [-0.1, -0.05) is 12.1 Å². The lowest BCUT2D eigenvalue weighted by Gasteiger charge is -2.45. The van der Waals surface area contributed by atoms with Crippen LogP contribution in [-0.4, -0.2) is 42.3 Å². The number of hydrogen-bond donors (Lipinski definition) is 0. The van der Waals surface area contributed by atoms with Crippen molar-refractivity contribution < 1.29 is 18.9 Å². The topological polar surface area (TPSA) is 54.7 Å². The van der Waals surface area contributed by atoms with Gasteiger partial charge in [0, 0.05) is 17.5 Å². The molecule has 4 rings (SSSR count). The number of para-hydroxylation sites is 2. The Bertz CT molecular complexity index is 1090. The van der Waals surface area contributed by atoms with Gasteiger partial charge in [-0.25, -0.2) is 4.68 Å². The molecule has 33 heavy (non-hydrogen) atoms. The van der Waals surface area contributed by atoms with Gasteiger partial charge in [0.25, 0.3) is 0 Å². The average Bonchev–Trinajstić information content (AvgIpc) is 3.22. The fraction of sp³-hybridized carbons (Fsp3) is 0.444. The van der Waals surface area contributed by atoms with Crippen LogP contribution < -0.4 is 14.2 Å². The molecule has 0 radical (unpaired) electrons. The molecule has 0 spiro atoms. The van der Waals surface area contributed by atoms with Crippen molar-refractivity contribution in [3.8, 4) is 34.2 Å². The zero-order chi connectivity index (χ0) is 23.8. The molecule has 2 heterocycles. The molecule has 6 heteroatoms. The maximum absolute atomic E-state index is 6.33. The van der Waals surface area contributed by atoms with Crippen molar-refractivity contribution >= 4 is 0 Å². The van der Waals surface area contributed by atoms with E-state index in [1.807, 2.05) is 47.1 Å². The van der Waals surface area contributed by atoms with E-state index in [2.05, 4.69) is 33.8 Å². The molecule has 0 N–H and O–H groups in total. The predicted molar refractivity (Wildman–Crippen MR) is 130 cm³/mol. The summed E-state index contributed by atoms with van der Waals surface area (Å²) in [6.07, 6.45) is 1.81. The van der Waals surface area contributed by atoms with Crippen LogP contribution in [-0.2, 0) is 4.74 Å². The normalized spacial score (nSPS) is 17.5. The van der Waals surface area contributed by atoms with E-state index in [0.717, 1.165) is 52.7 Å². The smallest absolute Gasteiger partial charge is 0.144 e. The molecule has 0 unspecified atom stereocenters. The van der Waals surface area contributed by atoms with E-state index in [-0.39, 0.29) is 17.1 Å². The SMILES string of the molecule is COc1cc(OC)cc(-c2cc(C3CC(C)(C)OC(C)(C)C3)nn2-c2ccccc2OC)c1. The molecule has 0 saturated carbocycles. The Morgan fingerprint density at radius 1 is 0.848 bits per heavy atom. The predicted octanol–water partition coefficient (Wildman–Crippen LogP) is 6.02. The van der Waals surface area contributed by atoms with Gasteiger partial charge in [0.1, 0.15) is 22.9 Å². The molecule has 6 nitrogen and oxygen atoms in total. The Labute approximate surface area is 196 Å². The van der Waals surface area contributed by atoms with Gasteiger partial charge in [0.15, 0.2) is 0 Å². The zero-order valence-corrected chi connectivity index (χ0v) is 20.6. The largest absolute Gasteiger partial charge is 0.497 e. The van der Waals surface area contributed by atoms with Gasteiger partial charge in [-0.05, 0) is 70.9 Å². The van der Waals surface area contributed by atoms with E-state index in [4.69, 9.17) is 24.0 Å². The van der Waals surface area contributed by atoms with Gasteiger partial charge in [0.05, 0.1) is 43.9 Å². The molecule has 0 bridgehead atoms. The van der Waals surface area contributed by atoms with Crippen molar-refractivity contribution in [3.05, 3.63) is 54.2 Å². The van der Waals surface area contributed by atoms with Crippen LogP contribution in [0.3, 0.4) is 0 Å². The van der Waals surface area contributed by atoms with Crippen molar-refractivity contribution in [2.24, 2.45) is 0 Å². The van der Waals surface area contributed by atoms with Gasteiger partial charge in [-0.2, -0.15) is 5.10 Å². The van der Waals surface area contributed by atoms with Crippen LogP contribution in [0.2, 0.25) is 0 Å². The van der Waals surface area contributed by atoms with Crippen molar-refractivity contribution in [1.29, 1.82) is 0 Å². The lowest BCUT2D eigenvalue weighted by Crippen LogP contribution is -2.44. The number of benzene rings is 2. The van der Waals surface area contributed by atoms with Crippen LogP contribution in [0.4, 0.5) is 0 Å². The molecular formula is C27H34N2O4. The van der Waals surface area contributed by atoms with Gasteiger partial charge >= 0.3 is 0 Å². The summed E-state index contributed by atoms with van der Waals surface area (Å²) in [5.74, 6) is 2.49. The lowest BCUT2D eigenvalue weighted by molar-refractivity contribution is -0.162. The number of hydrogen-bond acceptors (Lipinski definition) is 5. The molecule has 3 aromatic rings. The molecule has 1 aliphatic rings. The summed E-state index contributed by atoms with van der Waals surface area (Å²) >= 11 is 0. The second kappa shape index (κ2) is 8.75. The summed E-state index contributed by atoms with van der Waals surface area (Å²) in [6, 6.07) is 16.0. The number of nitrogens with zero attached hydrogens (tertiary/aromatic N) is 2. The second-order valence-electron chi connectivity index (χ2n) is 9.87. The van der Waals surface area contributed by atoms with Crippen LogP contribution >= 0.6 is 0 Å². The number of aromatic nitrogens is 2. The van der Waals surface area contributed by atoms with Crippen molar-refractivity contribution in [2.45, 2.75) is 57.7 Å². The first-order chi connectivity index (χ1) is 15.6. The van der Waals surface area contributed by atoms with Crippen LogP contribution in [0.1, 0.15) is 52.1 Å². The summed E-state index contributed by atoms with van der Waals surface area (Å²) in [4.78, 5) is 0. The van der Waals surface area contributed by atoms with Gasteiger partial charge in [-0.3, -0.25) is 0 Å². The molecule has 1 aliphatic heterocycles. The molecular weight excluding hydrogens is 416 g/mol. The monoisotopic (exact) mass is 450 g/mol. The first-order valence-corrected chi connectivity index (χ1v) is 11.3. The molecule has 176 valence electrons. The minimum absolute atomic E-state index is 0.222. The van der Waals surface area contributed by atoms with Crippen molar-refractivity contribution in [1.82, 2.24) is 9.78 Å². The highest BCUT2D eigenvalue weighted by atomic mass is 16.5. The maximum Gasteiger partial charge on any atom is 0.144 e. The van der Waals surface area contributed by atoms with Gasteiger partial charge < -0.3 is 18.9 Å². The van der Waals surface area contributed by atoms with E-state index < -0.39 is 0 Å². The van der Waals surface area contributed by atoms with E-state index in [0.29, 0.717) is 0 Å². The Kier molecular flexibility index (Phi) is 6.14. The minimum Gasteiger partial charge on any atom is -0.497 e. The second-order valence-corrected chi connectivity index (χ2v) is 9.87. The first kappa shape index (κ1) is 23.2. The number of rotatable bonds is 6. The quantitative estimate of drug-likeness (QED) is 0.460. The number of ether oxygens (including phenoxy) is 4. The molecule has 1 fully saturated rings. The first-order valence-electron chi connectivity index (χ1n) is 11.3. The fourth-order valence-electron chi connectivity index (χ4n) is 5.05. The van der Waals surface area contributed by atoms with Gasteiger partial charge in [0.2, 0.25) is 0 Å². The van der Waals surface area contributed by atoms with Crippen LogP contribution in [0.25, 0.3) is 16.9 Å². The lowest BCUT2D eigenvalue weighted by atomic mass is 9.79. The molecule has 2 aromatic carbocycles. The highest BCUT2D eigenvalue weighted by Gasteiger charge is 2.41. The molecule has 0 aliphatic carbocycles. The summed E-state index contributed by atoms with van der Waals surface area (Å²) in [5, 5.41) is 5.13. The third-order valence-electron chi connectivity index (χ3n) is 6.14. The van der Waals surface area contributed by atoms with E-state index in [9.17, 15) is 0 Å². The third-order valence-corrected chi connectivity index (χ3v) is 6.14. The van der Waals surface area contributed by atoms with E-state index >= 15 is 0 Å². The van der Waals surface area contributed by atoms with Crippen molar-refractivity contribution in [2.75, 3.05) is 21.3 Å². The van der Waals surface area contributed by atoms with Crippen LogP contribution in [0.15, 0.2) is 48.5 Å². The summed E-state index contributed by atoms with van der Waals surface area (Å²) in [6.45, 7) is 8.63. The molecule has 0 atom stereocenters. The molecule has 1 aromatic heterocycles. The highest BCUT2D eigenvalue weighted by molar-refractivity contribution is 5.68. The molecule has 0 amide bonds. The van der Waals surface area contributed by atoms with E-state index in [1.54, 1.807) is 21.3 Å². The maximum atomic E-state index is 6.33. The summed E-state index contributed by atoms with van der Waals surface area (Å²) in [7, 11) is 5.00. The Hall–Kier alpha value is -2.99. The Balaban J connectivity index is 1.90. The van der Waals surface area contributed by atoms with Crippen LogP contribution in [0, 0.1) is 0 Å². The average molecular weight is 451 g/mol. The Morgan fingerprint density at radius 2 is 1.45 bits per heavy atom. The van der Waals surface area contributed by atoms with Crippen molar-refractivity contribution in [3.63, 3.8) is 0 Å². The highest BCUT2D eigenvalue weighted by Crippen LogP contribution is 2.44. The third kappa shape index (κ3) is 4.86.